The molecule has 6 nitrogen and oxygen atoms in total. The summed E-state index contributed by atoms with van der Waals surface area (Å²) in [4.78, 5) is 24.7. The molecule has 1 saturated carbocycles. The van der Waals surface area contributed by atoms with Gasteiger partial charge in [0.25, 0.3) is 5.91 Å². The maximum absolute atomic E-state index is 11.7. The fourth-order valence-corrected chi connectivity index (χ4v) is 1.84. The molecule has 0 bridgehead atoms. The monoisotopic (exact) mass is 256 g/mol. The smallest absolute Gasteiger partial charge is 0.407 e. The van der Waals surface area contributed by atoms with Gasteiger partial charge in [0.05, 0.1) is 6.04 Å². The molecule has 0 aromatic heterocycles. The van der Waals surface area contributed by atoms with Crippen LogP contribution in [-0.2, 0) is 9.53 Å². The molecular formula is C12H20N2O4. The zero-order valence-corrected chi connectivity index (χ0v) is 11.0. The predicted molar refractivity (Wildman–Crippen MR) is 63.9 cm³/mol. The molecule has 0 radical (unpaired) electrons. The molecule has 0 aromatic carbocycles. The molecule has 0 unspecified atom stereocenters. The molecule has 1 aliphatic heterocycles. The first-order chi connectivity index (χ1) is 8.20. The van der Waals surface area contributed by atoms with Crippen LogP contribution in [0.15, 0.2) is 0 Å². The number of carbonyl (C=O) groups is 2. The van der Waals surface area contributed by atoms with Crippen LogP contribution in [0.1, 0.15) is 33.6 Å². The molecule has 102 valence electrons. The van der Waals surface area contributed by atoms with Gasteiger partial charge >= 0.3 is 6.09 Å². The molecular weight excluding hydrogens is 236 g/mol. The molecule has 2 amide bonds. The Morgan fingerprint density at radius 1 is 1.33 bits per heavy atom. The molecule has 6 heteroatoms. The number of hydrogen-bond donors (Lipinski definition) is 2. The highest BCUT2D eigenvalue weighted by molar-refractivity contribution is 5.88. The zero-order chi connectivity index (χ0) is 13.6. The molecule has 1 heterocycles. The summed E-state index contributed by atoms with van der Waals surface area (Å²) in [7, 11) is 0. The lowest BCUT2D eigenvalue weighted by Gasteiger charge is -2.40. The second-order valence-corrected chi connectivity index (χ2v) is 6.08. The third-order valence-corrected chi connectivity index (χ3v) is 3.01. The van der Waals surface area contributed by atoms with Crippen LogP contribution in [0.25, 0.3) is 0 Å². The van der Waals surface area contributed by atoms with Crippen molar-refractivity contribution in [2.75, 3.05) is 13.1 Å². The largest absolute Gasteiger partial charge is 0.444 e. The predicted octanol–water partition coefficient (Wildman–Crippen LogP) is 0.247. The van der Waals surface area contributed by atoms with Crippen molar-refractivity contribution in [2.45, 2.75) is 50.9 Å². The molecule has 18 heavy (non-hydrogen) atoms. The van der Waals surface area contributed by atoms with Gasteiger partial charge in [0.15, 0.2) is 0 Å². The van der Waals surface area contributed by atoms with Crippen LogP contribution in [0, 0.1) is 0 Å². The van der Waals surface area contributed by atoms with E-state index in [0.717, 1.165) is 0 Å². The van der Waals surface area contributed by atoms with Crippen LogP contribution >= 0.6 is 0 Å². The summed E-state index contributed by atoms with van der Waals surface area (Å²) >= 11 is 0. The van der Waals surface area contributed by atoms with Gasteiger partial charge in [-0.25, -0.2) is 4.79 Å². The van der Waals surface area contributed by atoms with Crippen molar-refractivity contribution in [1.29, 1.82) is 0 Å². The third kappa shape index (κ3) is 2.93. The van der Waals surface area contributed by atoms with Gasteiger partial charge in [0.2, 0.25) is 0 Å². The highest BCUT2D eigenvalue weighted by Crippen LogP contribution is 2.37. The summed E-state index contributed by atoms with van der Waals surface area (Å²) in [6, 6.07) is -0.0776. The van der Waals surface area contributed by atoms with E-state index in [1.165, 1.54) is 0 Å². The molecule has 1 aliphatic carbocycles. The van der Waals surface area contributed by atoms with E-state index in [4.69, 9.17) is 4.74 Å². The van der Waals surface area contributed by atoms with Gasteiger partial charge in [0, 0.05) is 13.1 Å². The first-order valence-electron chi connectivity index (χ1n) is 6.21. The van der Waals surface area contributed by atoms with Crippen LogP contribution in [-0.4, -0.2) is 52.3 Å². The summed E-state index contributed by atoms with van der Waals surface area (Å²) in [5.74, 6) is -0.218. The molecule has 2 rings (SSSR count). The minimum Gasteiger partial charge on any atom is -0.444 e. The van der Waals surface area contributed by atoms with Gasteiger partial charge in [-0.05, 0) is 33.6 Å². The Hall–Kier alpha value is -1.30. The maximum Gasteiger partial charge on any atom is 0.407 e. The number of nitrogens with zero attached hydrogens (tertiary/aromatic N) is 1. The second kappa shape index (κ2) is 4.12. The molecule has 0 atom stereocenters. The molecule has 0 spiro atoms. The first kappa shape index (κ1) is 13.1. The Bertz CT molecular complexity index is 365. The summed E-state index contributed by atoms with van der Waals surface area (Å²) in [6.45, 7) is 6.28. The first-order valence-corrected chi connectivity index (χ1v) is 6.21. The Morgan fingerprint density at radius 3 is 2.33 bits per heavy atom. The highest BCUT2D eigenvalue weighted by atomic mass is 16.6. The average molecular weight is 256 g/mol. The zero-order valence-electron chi connectivity index (χ0n) is 11.0. The lowest BCUT2D eigenvalue weighted by Crippen LogP contribution is -2.63. The van der Waals surface area contributed by atoms with Crippen molar-refractivity contribution >= 4 is 12.0 Å². The summed E-state index contributed by atoms with van der Waals surface area (Å²) in [6.07, 6.45) is 0.628. The topological polar surface area (TPSA) is 78.9 Å². The van der Waals surface area contributed by atoms with E-state index < -0.39 is 17.3 Å². The van der Waals surface area contributed by atoms with Crippen molar-refractivity contribution < 1.29 is 19.4 Å². The van der Waals surface area contributed by atoms with Gasteiger partial charge in [0.1, 0.15) is 11.2 Å². The standard InChI is InChI=1S/C12H20N2O4/c1-11(2,3)18-10(16)13-8-6-14(7-8)9(15)12(17)4-5-12/h8,17H,4-7H2,1-3H3,(H,13,16). The van der Waals surface area contributed by atoms with Gasteiger partial charge in [-0.2, -0.15) is 0 Å². The molecule has 2 aliphatic rings. The van der Waals surface area contributed by atoms with Crippen LogP contribution in [0.2, 0.25) is 0 Å². The molecule has 2 N–H and O–H groups in total. The van der Waals surface area contributed by atoms with E-state index in [1.54, 1.807) is 25.7 Å². The van der Waals surface area contributed by atoms with Gasteiger partial charge in [-0.15, -0.1) is 0 Å². The van der Waals surface area contributed by atoms with E-state index in [9.17, 15) is 14.7 Å². The Balaban J connectivity index is 1.70. The molecule has 1 saturated heterocycles. The van der Waals surface area contributed by atoms with Crippen molar-refractivity contribution in [2.24, 2.45) is 0 Å². The van der Waals surface area contributed by atoms with Gasteiger partial charge < -0.3 is 20.1 Å². The number of aliphatic hydroxyl groups is 1. The van der Waals surface area contributed by atoms with Crippen molar-refractivity contribution in [3.8, 4) is 0 Å². The van der Waals surface area contributed by atoms with E-state index in [-0.39, 0.29) is 11.9 Å². The van der Waals surface area contributed by atoms with Crippen LogP contribution in [0.3, 0.4) is 0 Å². The summed E-state index contributed by atoms with van der Waals surface area (Å²) in [5, 5.41) is 12.3. The number of carbonyl (C=O) groups excluding carboxylic acids is 2. The number of ether oxygens (including phenoxy) is 1. The fourth-order valence-electron chi connectivity index (χ4n) is 1.84. The lowest BCUT2D eigenvalue weighted by atomic mass is 10.1. The summed E-state index contributed by atoms with van der Waals surface area (Å²) < 4.78 is 5.12. The number of hydrogen-bond acceptors (Lipinski definition) is 4. The molecule has 0 aromatic rings. The lowest BCUT2D eigenvalue weighted by molar-refractivity contribution is -0.147. The van der Waals surface area contributed by atoms with Crippen molar-refractivity contribution in [3.05, 3.63) is 0 Å². The minimum absolute atomic E-state index is 0.0776. The van der Waals surface area contributed by atoms with E-state index >= 15 is 0 Å². The normalized spacial score (nSPS) is 22.1. The highest BCUT2D eigenvalue weighted by Gasteiger charge is 2.52. The third-order valence-electron chi connectivity index (χ3n) is 3.01. The van der Waals surface area contributed by atoms with E-state index in [2.05, 4.69) is 5.32 Å². The van der Waals surface area contributed by atoms with Crippen molar-refractivity contribution in [3.63, 3.8) is 0 Å². The number of amides is 2. The fraction of sp³-hybridized carbons (Fsp3) is 0.833. The maximum atomic E-state index is 11.7. The Kier molecular flexibility index (Phi) is 3.01. The number of rotatable bonds is 2. The van der Waals surface area contributed by atoms with E-state index in [1.807, 2.05) is 0 Å². The van der Waals surface area contributed by atoms with Gasteiger partial charge in [-0.3, -0.25) is 4.79 Å². The summed E-state index contributed by atoms with van der Waals surface area (Å²) in [5.41, 5.74) is -1.64. The van der Waals surface area contributed by atoms with E-state index in [0.29, 0.717) is 25.9 Å². The van der Waals surface area contributed by atoms with Crippen molar-refractivity contribution in [1.82, 2.24) is 10.2 Å². The molecule has 2 fully saturated rings. The van der Waals surface area contributed by atoms with Gasteiger partial charge in [-0.1, -0.05) is 0 Å². The van der Waals surface area contributed by atoms with Crippen LogP contribution < -0.4 is 5.32 Å². The second-order valence-electron chi connectivity index (χ2n) is 6.08. The van der Waals surface area contributed by atoms with Crippen LogP contribution in [0.4, 0.5) is 4.79 Å². The SMILES string of the molecule is CC(C)(C)OC(=O)NC1CN(C(=O)C2(O)CC2)C1. The quantitative estimate of drug-likeness (QED) is 0.742. The Morgan fingerprint density at radius 2 is 1.89 bits per heavy atom. The Labute approximate surface area is 106 Å². The minimum atomic E-state index is -1.11. The number of alkyl carbamates (subject to hydrolysis) is 1. The number of nitrogens with one attached hydrogen (secondary N) is 1. The number of likely N-dealkylation sites (tertiary alicyclic amines) is 1. The average Bonchev–Trinajstić information content (AvgIpc) is 2.87. The van der Waals surface area contributed by atoms with Crippen LogP contribution in [0.5, 0.6) is 0 Å².